The van der Waals surface area contributed by atoms with E-state index >= 15 is 0 Å². The first-order valence-corrected chi connectivity index (χ1v) is 19.0. The molecule has 2 unspecified atom stereocenters. The molecule has 0 aliphatic carbocycles. The molecule has 6 heteroatoms. The summed E-state index contributed by atoms with van der Waals surface area (Å²) in [7, 11) is 0. The first kappa shape index (κ1) is 37.2. The van der Waals surface area contributed by atoms with Crippen molar-refractivity contribution in [3.05, 3.63) is 54.6 Å². The van der Waals surface area contributed by atoms with Crippen molar-refractivity contribution < 1.29 is 23.7 Å². The molecule has 0 aromatic heterocycles. The molecular weight excluding hydrogens is 593 g/mol. The maximum Gasteiger partial charge on any atom is 0.311 e. The van der Waals surface area contributed by atoms with E-state index in [0.717, 1.165) is 57.1 Å². The quantitative estimate of drug-likeness (QED) is 0.0812. The third-order valence-electron chi connectivity index (χ3n) is 10.6. The monoisotopic (exact) mass is 654 g/mol. The zero-order valence-electron chi connectivity index (χ0n) is 29.8. The van der Waals surface area contributed by atoms with Crippen molar-refractivity contribution >= 4 is 17.7 Å². The Morgan fingerprint density at radius 3 is 2.41 bits per heavy atom. The van der Waals surface area contributed by atoms with Crippen molar-refractivity contribution in [1.82, 2.24) is 0 Å². The Morgan fingerprint density at radius 2 is 1.72 bits per heavy atom. The van der Waals surface area contributed by atoms with E-state index in [9.17, 15) is 4.79 Å². The van der Waals surface area contributed by atoms with Gasteiger partial charge in [0.1, 0.15) is 0 Å². The Balaban J connectivity index is 1.29. The average Bonchev–Trinajstić information content (AvgIpc) is 3.52. The molecule has 3 aliphatic heterocycles. The van der Waals surface area contributed by atoms with Gasteiger partial charge in [-0.1, -0.05) is 65.5 Å². The van der Waals surface area contributed by atoms with Crippen LogP contribution >= 0.6 is 11.8 Å². The fourth-order valence-electron chi connectivity index (χ4n) is 7.21. The highest BCUT2D eigenvalue weighted by Crippen LogP contribution is 2.43. The van der Waals surface area contributed by atoms with E-state index in [1.54, 1.807) is 0 Å². The van der Waals surface area contributed by atoms with E-state index in [-0.39, 0.29) is 36.5 Å². The van der Waals surface area contributed by atoms with Crippen molar-refractivity contribution in [2.45, 2.75) is 148 Å². The van der Waals surface area contributed by atoms with Crippen LogP contribution in [0.5, 0.6) is 0 Å². The van der Waals surface area contributed by atoms with E-state index in [0.29, 0.717) is 36.4 Å². The summed E-state index contributed by atoms with van der Waals surface area (Å²) in [6.45, 7) is 24.3. The van der Waals surface area contributed by atoms with Gasteiger partial charge in [0.2, 0.25) is 0 Å². The van der Waals surface area contributed by atoms with Crippen molar-refractivity contribution in [2.24, 2.45) is 29.1 Å². The van der Waals surface area contributed by atoms with Gasteiger partial charge < -0.3 is 18.9 Å². The first-order chi connectivity index (χ1) is 21.8. The van der Waals surface area contributed by atoms with Crippen LogP contribution in [0.3, 0.4) is 0 Å². The van der Waals surface area contributed by atoms with E-state index < -0.39 is 5.41 Å². The van der Waals surface area contributed by atoms with Crippen LogP contribution in [0.4, 0.5) is 0 Å². The minimum Gasteiger partial charge on any atom is -0.465 e. The van der Waals surface area contributed by atoms with E-state index in [1.807, 2.05) is 32.5 Å². The van der Waals surface area contributed by atoms with Gasteiger partial charge in [0, 0.05) is 17.1 Å². The molecule has 0 amide bonds. The van der Waals surface area contributed by atoms with Crippen LogP contribution in [-0.2, 0) is 23.7 Å². The first-order valence-electron chi connectivity index (χ1n) is 18.0. The van der Waals surface area contributed by atoms with Gasteiger partial charge in [0.15, 0.2) is 0 Å². The normalized spacial score (nSPS) is 32.5. The van der Waals surface area contributed by atoms with Gasteiger partial charge in [0.05, 0.1) is 48.6 Å². The SMILES string of the molecule is C=C1C[C@H](CCCOC(=O)C(C)(C)C)OC1CC[C@H]1C[C@@H](C)C(=C)C(C[C@@H]2O[C@H](C[C@H](C)CC)[C@H](C)[C@H]2CSc2ccccc2)O1. The molecule has 10 atom stereocenters. The lowest BCUT2D eigenvalue weighted by atomic mass is 9.81. The summed E-state index contributed by atoms with van der Waals surface area (Å²) >= 11 is 1.96. The van der Waals surface area contributed by atoms with Gasteiger partial charge in [-0.25, -0.2) is 0 Å². The van der Waals surface area contributed by atoms with Crippen molar-refractivity contribution in [2.75, 3.05) is 12.4 Å². The molecule has 1 aromatic carbocycles. The number of rotatable bonds is 15. The van der Waals surface area contributed by atoms with Gasteiger partial charge in [-0.15, -0.1) is 11.8 Å². The molecule has 3 heterocycles. The lowest BCUT2D eigenvalue weighted by Crippen LogP contribution is -2.38. The zero-order valence-corrected chi connectivity index (χ0v) is 30.6. The minimum atomic E-state index is -0.464. The Bertz CT molecular complexity index is 1130. The highest BCUT2D eigenvalue weighted by Gasteiger charge is 2.44. The standard InChI is InChI=1S/C40H62O5S/c1-10-26(2)21-36-30(6)34(25-46-33-16-12-11-13-17-33)38(45-36)24-37-29(5)27(3)22-32(44-37)18-19-35-28(4)23-31(43-35)15-14-20-42-39(41)40(7,8)9/h11-13,16-17,26-27,30-32,34-38H,4-5,10,14-15,18-25H2,1-3,6-9H3/t26-,27-,30-,31+,32+,34-,35?,36-,37?,38+/m1/s1. The molecule has 258 valence electrons. The number of hydrogen-bond acceptors (Lipinski definition) is 6. The van der Waals surface area contributed by atoms with Crippen molar-refractivity contribution in [3.8, 4) is 0 Å². The number of benzene rings is 1. The predicted octanol–water partition coefficient (Wildman–Crippen LogP) is 9.84. The number of ether oxygens (including phenoxy) is 4. The van der Waals surface area contributed by atoms with Gasteiger partial charge in [0.25, 0.3) is 0 Å². The molecule has 3 aliphatic rings. The minimum absolute atomic E-state index is 0.0220. The second kappa shape index (κ2) is 17.2. The maximum atomic E-state index is 12.0. The summed E-state index contributed by atoms with van der Waals surface area (Å²) in [5, 5.41) is 0. The third-order valence-corrected chi connectivity index (χ3v) is 11.8. The van der Waals surface area contributed by atoms with Crippen molar-refractivity contribution in [3.63, 3.8) is 0 Å². The summed E-state index contributed by atoms with van der Waals surface area (Å²) in [5.41, 5.74) is 1.94. The number of carbonyl (C=O) groups excluding carboxylic acids is 1. The molecule has 4 rings (SSSR count). The molecule has 3 fully saturated rings. The molecule has 5 nitrogen and oxygen atoms in total. The van der Waals surface area contributed by atoms with Gasteiger partial charge in [-0.2, -0.15) is 0 Å². The fraction of sp³-hybridized carbons (Fsp3) is 0.725. The summed E-state index contributed by atoms with van der Waals surface area (Å²) in [6, 6.07) is 10.8. The third kappa shape index (κ3) is 10.4. The maximum absolute atomic E-state index is 12.0. The Hall–Kier alpha value is -1.60. The number of hydrogen-bond donors (Lipinski definition) is 0. The predicted molar refractivity (Wildman–Crippen MR) is 190 cm³/mol. The van der Waals surface area contributed by atoms with Crippen LogP contribution in [0.15, 0.2) is 59.5 Å². The average molecular weight is 655 g/mol. The second-order valence-electron chi connectivity index (χ2n) is 15.5. The van der Waals surface area contributed by atoms with Crippen LogP contribution in [-0.4, -0.2) is 55.0 Å². The molecule has 0 N–H and O–H groups in total. The number of thioether (sulfide) groups is 1. The molecule has 46 heavy (non-hydrogen) atoms. The van der Waals surface area contributed by atoms with Gasteiger partial charge in [-0.05, 0) is 113 Å². The summed E-state index contributed by atoms with van der Waals surface area (Å²) in [6.07, 6.45) is 9.57. The molecule has 0 spiro atoms. The van der Waals surface area contributed by atoms with E-state index in [2.05, 4.69) is 71.2 Å². The number of esters is 1. The Labute approximate surface area is 284 Å². The lowest BCUT2D eigenvalue weighted by molar-refractivity contribution is -0.153. The Kier molecular flexibility index (Phi) is 13.9. The molecule has 0 radical (unpaired) electrons. The van der Waals surface area contributed by atoms with Crippen LogP contribution in [0.2, 0.25) is 0 Å². The molecular formula is C40H62O5S. The lowest BCUT2D eigenvalue weighted by Gasteiger charge is -2.38. The highest BCUT2D eigenvalue weighted by molar-refractivity contribution is 7.99. The van der Waals surface area contributed by atoms with E-state index in [1.165, 1.54) is 22.5 Å². The summed E-state index contributed by atoms with van der Waals surface area (Å²) in [5.74, 6) is 3.00. The second-order valence-corrected chi connectivity index (χ2v) is 16.6. The number of carbonyl (C=O) groups is 1. The van der Waals surface area contributed by atoms with Gasteiger partial charge >= 0.3 is 5.97 Å². The topological polar surface area (TPSA) is 54.0 Å². The summed E-state index contributed by atoms with van der Waals surface area (Å²) in [4.78, 5) is 13.4. The molecule has 0 bridgehead atoms. The van der Waals surface area contributed by atoms with E-state index in [4.69, 9.17) is 18.9 Å². The summed E-state index contributed by atoms with van der Waals surface area (Å²) < 4.78 is 25.6. The highest BCUT2D eigenvalue weighted by atomic mass is 32.2. The fourth-order valence-corrected chi connectivity index (χ4v) is 8.46. The molecule has 3 saturated heterocycles. The molecule has 0 saturated carbocycles. The smallest absolute Gasteiger partial charge is 0.311 e. The van der Waals surface area contributed by atoms with Crippen molar-refractivity contribution in [1.29, 1.82) is 0 Å². The van der Waals surface area contributed by atoms with Crippen LogP contribution in [0.25, 0.3) is 0 Å². The van der Waals surface area contributed by atoms with Crippen LogP contribution < -0.4 is 0 Å². The largest absolute Gasteiger partial charge is 0.465 e. The Morgan fingerprint density at radius 1 is 1.00 bits per heavy atom. The molecule has 1 aromatic rings. The zero-order chi connectivity index (χ0) is 33.4. The van der Waals surface area contributed by atoms with Crippen LogP contribution in [0.1, 0.15) is 106 Å². The van der Waals surface area contributed by atoms with Gasteiger partial charge in [-0.3, -0.25) is 4.79 Å². The van der Waals surface area contributed by atoms with Crippen LogP contribution in [0, 0.1) is 29.1 Å².